The molecule has 1 unspecified atom stereocenters. The van der Waals surface area contributed by atoms with E-state index in [0.29, 0.717) is 6.17 Å². The molecule has 0 bridgehead atoms. The molecule has 0 radical (unpaired) electrons. The van der Waals surface area contributed by atoms with E-state index in [0.717, 1.165) is 13.0 Å². The molecule has 2 rings (SSSR count). The van der Waals surface area contributed by atoms with Crippen molar-refractivity contribution in [1.82, 2.24) is 10.2 Å². The maximum atomic E-state index is 3.60. The molecule has 0 amide bonds. The fraction of sp³-hybridized carbons (Fsp3) is 0.571. The lowest BCUT2D eigenvalue weighted by Crippen LogP contribution is -2.42. The van der Waals surface area contributed by atoms with Crippen molar-refractivity contribution in [1.29, 1.82) is 0 Å². The first-order valence-electron chi connectivity index (χ1n) is 6.37. The van der Waals surface area contributed by atoms with Crippen LogP contribution in [0.15, 0.2) is 30.3 Å². The second-order valence-electron chi connectivity index (χ2n) is 4.61. The molecule has 1 aliphatic heterocycles. The van der Waals surface area contributed by atoms with Gasteiger partial charge in [0.15, 0.2) is 0 Å². The van der Waals surface area contributed by atoms with Crippen LogP contribution in [0.3, 0.4) is 0 Å². The molecule has 0 aliphatic carbocycles. The van der Waals surface area contributed by atoms with E-state index < -0.39 is 0 Å². The van der Waals surface area contributed by atoms with Crippen molar-refractivity contribution < 1.29 is 0 Å². The van der Waals surface area contributed by atoms with Gasteiger partial charge in [-0.2, -0.15) is 0 Å². The van der Waals surface area contributed by atoms with Crippen LogP contribution in [0.1, 0.15) is 25.3 Å². The third kappa shape index (κ3) is 3.32. The van der Waals surface area contributed by atoms with Crippen LogP contribution in [0.25, 0.3) is 0 Å². The molecule has 1 heterocycles. The van der Waals surface area contributed by atoms with Crippen LogP contribution in [0.2, 0.25) is 0 Å². The van der Waals surface area contributed by atoms with Crippen LogP contribution in [0.4, 0.5) is 0 Å². The summed E-state index contributed by atoms with van der Waals surface area (Å²) in [5, 5.41) is 3.60. The Morgan fingerprint density at radius 1 is 1.19 bits per heavy atom. The topological polar surface area (TPSA) is 15.3 Å². The van der Waals surface area contributed by atoms with Gasteiger partial charge >= 0.3 is 0 Å². The van der Waals surface area contributed by atoms with Crippen LogP contribution < -0.4 is 5.32 Å². The van der Waals surface area contributed by atoms with Crippen LogP contribution in [-0.4, -0.2) is 30.7 Å². The lowest BCUT2D eigenvalue weighted by Gasteiger charge is -2.24. The molecule has 1 aromatic carbocycles. The molecule has 0 aromatic heterocycles. The Labute approximate surface area is 98.7 Å². The van der Waals surface area contributed by atoms with Gasteiger partial charge in [-0.05, 0) is 44.8 Å². The quantitative estimate of drug-likeness (QED) is 0.815. The molecular weight excluding hydrogens is 196 g/mol. The Kier molecular flexibility index (Phi) is 4.37. The number of hydrogen-bond acceptors (Lipinski definition) is 2. The molecule has 2 heteroatoms. The molecule has 1 aliphatic rings. The fourth-order valence-electron chi connectivity index (χ4n) is 2.33. The first-order chi connectivity index (χ1) is 7.86. The van der Waals surface area contributed by atoms with Gasteiger partial charge in [0.1, 0.15) is 0 Å². The van der Waals surface area contributed by atoms with Crippen molar-refractivity contribution in [3.8, 4) is 0 Å². The standard InChI is InChI=1S/C14H22N2/c1-13(16-11-5-6-12-16)15-10-9-14-7-3-2-4-8-14/h2-4,7-8,13,15H,5-6,9-12H2,1H3. The molecule has 0 spiro atoms. The summed E-state index contributed by atoms with van der Waals surface area (Å²) in [7, 11) is 0. The zero-order valence-corrected chi connectivity index (χ0v) is 10.2. The van der Waals surface area contributed by atoms with Crippen LogP contribution in [0, 0.1) is 0 Å². The van der Waals surface area contributed by atoms with E-state index >= 15 is 0 Å². The number of nitrogens with zero attached hydrogens (tertiary/aromatic N) is 1. The zero-order chi connectivity index (χ0) is 11.2. The molecule has 1 saturated heterocycles. The second-order valence-corrected chi connectivity index (χ2v) is 4.61. The summed E-state index contributed by atoms with van der Waals surface area (Å²) in [4.78, 5) is 2.53. The number of benzene rings is 1. The monoisotopic (exact) mass is 218 g/mol. The number of nitrogens with one attached hydrogen (secondary N) is 1. The van der Waals surface area contributed by atoms with E-state index in [1.54, 1.807) is 0 Å². The highest BCUT2D eigenvalue weighted by molar-refractivity contribution is 5.14. The van der Waals surface area contributed by atoms with Crippen molar-refractivity contribution in [3.63, 3.8) is 0 Å². The van der Waals surface area contributed by atoms with E-state index in [1.807, 2.05) is 0 Å². The zero-order valence-electron chi connectivity index (χ0n) is 10.2. The number of likely N-dealkylation sites (tertiary alicyclic amines) is 1. The van der Waals surface area contributed by atoms with Crippen molar-refractivity contribution in [2.45, 2.75) is 32.4 Å². The summed E-state index contributed by atoms with van der Waals surface area (Å²) in [5.41, 5.74) is 1.42. The van der Waals surface area contributed by atoms with Crippen molar-refractivity contribution in [3.05, 3.63) is 35.9 Å². The van der Waals surface area contributed by atoms with Gasteiger partial charge in [-0.1, -0.05) is 30.3 Å². The van der Waals surface area contributed by atoms with Crippen molar-refractivity contribution >= 4 is 0 Å². The minimum atomic E-state index is 0.534. The molecule has 1 N–H and O–H groups in total. The van der Waals surface area contributed by atoms with Gasteiger partial charge in [-0.15, -0.1) is 0 Å². The predicted molar refractivity (Wildman–Crippen MR) is 68.4 cm³/mol. The Bertz CT molecular complexity index is 291. The number of hydrogen-bond donors (Lipinski definition) is 1. The highest BCUT2D eigenvalue weighted by Gasteiger charge is 2.16. The maximum absolute atomic E-state index is 3.60. The Morgan fingerprint density at radius 2 is 1.88 bits per heavy atom. The number of rotatable bonds is 5. The Balaban J connectivity index is 1.67. The first kappa shape index (κ1) is 11.6. The molecule has 2 nitrogen and oxygen atoms in total. The predicted octanol–water partition coefficient (Wildman–Crippen LogP) is 2.26. The summed E-state index contributed by atoms with van der Waals surface area (Å²) in [6.07, 6.45) is 4.39. The molecule has 0 saturated carbocycles. The smallest absolute Gasteiger partial charge is 0.0568 e. The van der Waals surface area contributed by atoms with Crippen molar-refractivity contribution in [2.75, 3.05) is 19.6 Å². The minimum absolute atomic E-state index is 0.534. The van der Waals surface area contributed by atoms with Gasteiger partial charge in [0.25, 0.3) is 0 Å². The molecular formula is C14H22N2. The third-order valence-electron chi connectivity index (χ3n) is 3.38. The van der Waals surface area contributed by atoms with Gasteiger partial charge in [-0.25, -0.2) is 0 Å². The first-order valence-corrected chi connectivity index (χ1v) is 6.37. The lowest BCUT2D eigenvalue weighted by molar-refractivity contribution is 0.221. The van der Waals surface area contributed by atoms with Crippen LogP contribution >= 0.6 is 0 Å². The van der Waals surface area contributed by atoms with Gasteiger partial charge in [0.2, 0.25) is 0 Å². The van der Waals surface area contributed by atoms with Gasteiger partial charge in [-0.3, -0.25) is 4.90 Å². The molecule has 1 aromatic rings. The van der Waals surface area contributed by atoms with E-state index in [2.05, 4.69) is 47.5 Å². The summed E-state index contributed by atoms with van der Waals surface area (Å²) in [6.45, 7) is 5.87. The van der Waals surface area contributed by atoms with Crippen LogP contribution in [-0.2, 0) is 6.42 Å². The second kappa shape index (κ2) is 6.02. The summed E-state index contributed by atoms with van der Waals surface area (Å²) >= 11 is 0. The summed E-state index contributed by atoms with van der Waals surface area (Å²) < 4.78 is 0. The van der Waals surface area contributed by atoms with E-state index in [4.69, 9.17) is 0 Å². The SMILES string of the molecule is CC(NCCc1ccccc1)N1CCCC1. The maximum Gasteiger partial charge on any atom is 0.0568 e. The molecule has 1 fully saturated rings. The van der Waals surface area contributed by atoms with E-state index in [9.17, 15) is 0 Å². The lowest BCUT2D eigenvalue weighted by atomic mass is 10.1. The molecule has 1 atom stereocenters. The summed E-state index contributed by atoms with van der Waals surface area (Å²) in [6, 6.07) is 10.7. The molecule has 88 valence electrons. The van der Waals surface area contributed by atoms with Crippen LogP contribution in [0.5, 0.6) is 0 Å². The van der Waals surface area contributed by atoms with E-state index in [-0.39, 0.29) is 0 Å². The van der Waals surface area contributed by atoms with Gasteiger partial charge < -0.3 is 5.32 Å². The normalized spacial score (nSPS) is 18.8. The summed E-state index contributed by atoms with van der Waals surface area (Å²) in [5.74, 6) is 0. The highest BCUT2D eigenvalue weighted by Crippen LogP contribution is 2.09. The minimum Gasteiger partial charge on any atom is -0.302 e. The highest BCUT2D eigenvalue weighted by atomic mass is 15.3. The molecule has 16 heavy (non-hydrogen) atoms. The largest absolute Gasteiger partial charge is 0.302 e. The fourth-order valence-corrected chi connectivity index (χ4v) is 2.33. The Hall–Kier alpha value is -0.860. The van der Waals surface area contributed by atoms with E-state index in [1.165, 1.54) is 31.5 Å². The van der Waals surface area contributed by atoms with Gasteiger partial charge in [0.05, 0.1) is 6.17 Å². The van der Waals surface area contributed by atoms with Gasteiger partial charge in [0, 0.05) is 6.54 Å². The van der Waals surface area contributed by atoms with Crippen molar-refractivity contribution in [2.24, 2.45) is 0 Å². The average Bonchev–Trinajstić information content (AvgIpc) is 2.84. The third-order valence-corrected chi connectivity index (χ3v) is 3.38. The average molecular weight is 218 g/mol. The Morgan fingerprint density at radius 3 is 2.56 bits per heavy atom.